The molecular weight excluding hydrogens is 196 g/mol. The van der Waals surface area contributed by atoms with E-state index in [0.717, 1.165) is 11.1 Å². The molecule has 1 heteroatoms. The highest BCUT2D eigenvalue weighted by Crippen LogP contribution is 2.15. The average molecular weight is 216 g/mol. The molecule has 16 heavy (non-hydrogen) atoms. The fraction of sp³-hybridized carbons (Fsp3) is 0.400. The summed E-state index contributed by atoms with van der Waals surface area (Å²) < 4.78 is 0. The van der Waals surface area contributed by atoms with Crippen LogP contribution in [-0.4, -0.2) is 5.78 Å². The number of allylic oxidation sites excluding steroid dienone is 2. The third kappa shape index (κ3) is 4.01. The van der Waals surface area contributed by atoms with E-state index in [1.54, 1.807) is 6.08 Å². The summed E-state index contributed by atoms with van der Waals surface area (Å²) in [6.45, 7) is 8.23. The van der Waals surface area contributed by atoms with E-state index in [9.17, 15) is 4.79 Å². The summed E-state index contributed by atoms with van der Waals surface area (Å²) in [6, 6.07) is 8.31. The highest BCUT2D eigenvalue weighted by atomic mass is 16.1. The molecule has 0 heterocycles. The lowest BCUT2D eigenvalue weighted by Gasteiger charge is -2.05. The van der Waals surface area contributed by atoms with Crippen molar-refractivity contribution >= 4 is 5.78 Å². The Bertz CT molecular complexity index is 378. The van der Waals surface area contributed by atoms with E-state index in [4.69, 9.17) is 0 Å². The van der Waals surface area contributed by atoms with Crippen molar-refractivity contribution in [3.8, 4) is 0 Å². The maximum absolute atomic E-state index is 11.6. The number of hydrogen-bond donors (Lipinski definition) is 0. The molecule has 0 aromatic heterocycles. The van der Waals surface area contributed by atoms with Gasteiger partial charge in [0.2, 0.25) is 0 Å². The van der Waals surface area contributed by atoms with Crippen molar-refractivity contribution in [1.82, 2.24) is 0 Å². The van der Waals surface area contributed by atoms with Gasteiger partial charge in [-0.2, -0.15) is 0 Å². The van der Waals surface area contributed by atoms with Gasteiger partial charge in [0, 0.05) is 6.42 Å². The molecule has 0 aliphatic rings. The van der Waals surface area contributed by atoms with Crippen LogP contribution in [0.25, 0.3) is 0 Å². The molecule has 1 rings (SSSR count). The smallest absolute Gasteiger partial charge is 0.159 e. The first-order valence-electron chi connectivity index (χ1n) is 5.75. The Hall–Kier alpha value is -1.37. The molecule has 0 atom stereocenters. The first kappa shape index (κ1) is 12.7. The van der Waals surface area contributed by atoms with Crippen molar-refractivity contribution in [3.63, 3.8) is 0 Å². The molecule has 1 aromatic rings. The van der Waals surface area contributed by atoms with E-state index in [1.165, 1.54) is 5.56 Å². The second kappa shape index (κ2) is 5.64. The molecule has 0 aliphatic carbocycles. The van der Waals surface area contributed by atoms with Crippen LogP contribution in [0.5, 0.6) is 0 Å². The Labute approximate surface area is 98.2 Å². The third-order valence-corrected chi connectivity index (χ3v) is 2.47. The minimum absolute atomic E-state index is 0.178. The third-order valence-electron chi connectivity index (χ3n) is 2.47. The zero-order valence-electron chi connectivity index (χ0n) is 10.6. The van der Waals surface area contributed by atoms with Crippen molar-refractivity contribution in [2.75, 3.05) is 0 Å². The first-order valence-corrected chi connectivity index (χ1v) is 5.75. The van der Waals surface area contributed by atoms with Gasteiger partial charge in [-0.1, -0.05) is 43.7 Å². The fourth-order valence-electron chi connectivity index (χ4n) is 1.59. The van der Waals surface area contributed by atoms with Crippen molar-refractivity contribution in [1.29, 1.82) is 0 Å². The molecule has 0 amide bonds. The lowest BCUT2D eigenvalue weighted by atomic mass is 10.00. The summed E-state index contributed by atoms with van der Waals surface area (Å²) in [5.41, 5.74) is 3.47. The molecule has 0 radical (unpaired) electrons. The monoisotopic (exact) mass is 216 g/mol. The topological polar surface area (TPSA) is 17.1 Å². The first-order chi connectivity index (χ1) is 7.49. The molecule has 0 N–H and O–H groups in total. The molecule has 1 nitrogen and oxygen atoms in total. The standard InChI is InChI=1S/C15H20O/c1-11(2)9-15(16)10-13-5-7-14(8-6-13)12(3)4/h5-9,12H,10H2,1-4H3. The van der Waals surface area contributed by atoms with Gasteiger partial charge in [-0.3, -0.25) is 4.79 Å². The number of benzene rings is 1. The highest BCUT2D eigenvalue weighted by Gasteiger charge is 2.02. The Kier molecular flexibility index (Phi) is 4.48. The van der Waals surface area contributed by atoms with E-state index in [-0.39, 0.29) is 5.78 Å². The highest BCUT2D eigenvalue weighted by molar-refractivity contribution is 5.91. The van der Waals surface area contributed by atoms with Gasteiger partial charge in [-0.25, -0.2) is 0 Å². The Morgan fingerprint density at radius 3 is 2.19 bits per heavy atom. The van der Waals surface area contributed by atoms with Gasteiger partial charge in [0.1, 0.15) is 0 Å². The van der Waals surface area contributed by atoms with Crippen LogP contribution in [0.15, 0.2) is 35.9 Å². The van der Waals surface area contributed by atoms with Crippen molar-refractivity contribution < 1.29 is 4.79 Å². The van der Waals surface area contributed by atoms with E-state index in [0.29, 0.717) is 12.3 Å². The number of rotatable bonds is 4. The van der Waals surface area contributed by atoms with Crippen LogP contribution in [0.4, 0.5) is 0 Å². The maximum atomic E-state index is 11.6. The largest absolute Gasteiger partial charge is 0.294 e. The molecule has 0 unspecified atom stereocenters. The predicted molar refractivity (Wildman–Crippen MR) is 68.7 cm³/mol. The average Bonchev–Trinajstić information content (AvgIpc) is 2.16. The number of carbonyl (C=O) groups excluding carboxylic acids is 1. The molecule has 0 saturated heterocycles. The van der Waals surface area contributed by atoms with Crippen LogP contribution in [0.1, 0.15) is 44.7 Å². The van der Waals surface area contributed by atoms with E-state index >= 15 is 0 Å². The summed E-state index contributed by atoms with van der Waals surface area (Å²) >= 11 is 0. The van der Waals surface area contributed by atoms with Crippen LogP contribution >= 0.6 is 0 Å². The van der Waals surface area contributed by atoms with Crippen LogP contribution in [0, 0.1) is 0 Å². The van der Waals surface area contributed by atoms with E-state index in [1.807, 2.05) is 26.0 Å². The van der Waals surface area contributed by atoms with Crippen molar-refractivity contribution in [2.45, 2.75) is 40.0 Å². The summed E-state index contributed by atoms with van der Waals surface area (Å²) in [6.07, 6.45) is 2.21. The Balaban J connectivity index is 2.69. The Morgan fingerprint density at radius 1 is 1.19 bits per heavy atom. The van der Waals surface area contributed by atoms with Gasteiger partial charge < -0.3 is 0 Å². The van der Waals surface area contributed by atoms with Gasteiger partial charge in [-0.05, 0) is 37.0 Å². The molecule has 1 aromatic carbocycles. The second-order valence-electron chi connectivity index (χ2n) is 4.76. The zero-order chi connectivity index (χ0) is 12.1. The van der Waals surface area contributed by atoms with Crippen molar-refractivity contribution in [3.05, 3.63) is 47.0 Å². The number of hydrogen-bond acceptors (Lipinski definition) is 1. The maximum Gasteiger partial charge on any atom is 0.159 e. The number of ketones is 1. The van der Waals surface area contributed by atoms with Crippen LogP contribution < -0.4 is 0 Å². The van der Waals surface area contributed by atoms with Gasteiger partial charge >= 0.3 is 0 Å². The van der Waals surface area contributed by atoms with Gasteiger partial charge in [-0.15, -0.1) is 0 Å². The quantitative estimate of drug-likeness (QED) is 0.698. The van der Waals surface area contributed by atoms with Crippen molar-refractivity contribution in [2.24, 2.45) is 0 Å². The Morgan fingerprint density at radius 2 is 1.75 bits per heavy atom. The number of carbonyl (C=O) groups is 1. The summed E-state index contributed by atoms with van der Waals surface area (Å²) in [5.74, 6) is 0.722. The lowest BCUT2D eigenvalue weighted by Crippen LogP contribution is -1.99. The predicted octanol–water partition coefficient (Wildman–Crippen LogP) is 3.89. The minimum atomic E-state index is 0.178. The van der Waals surface area contributed by atoms with Gasteiger partial charge in [0.25, 0.3) is 0 Å². The molecule has 0 aliphatic heterocycles. The molecular formula is C15H20O. The SMILES string of the molecule is CC(C)=CC(=O)Cc1ccc(C(C)C)cc1. The van der Waals surface area contributed by atoms with Gasteiger partial charge in [0.05, 0.1) is 0 Å². The fourth-order valence-corrected chi connectivity index (χ4v) is 1.59. The normalized spacial score (nSPS) is 10.3. The van der Waals surface area contributed by atoms with E-state index < -0.39 is 0 Å². The van der Waals surface area contributed by atoms with Crippen LogP contribution in [0.2, 0.25) is 0 Å². The summed E-state index contributed by atoms with van der Waals surface area (Å²) in [4.78, 5) is 11.6. The van der Waals surface area contributed by atoms with Gasteiger partial charge in [0.15, 0.2) is 5.78 Å². The van der Waals surface area contributed by atoms with E-state index in [2.05, 4.69) is 26.0 Å². The summed E-state index contributed by atoms with van der Waals surface area (Å²) in [5, 5.41) is 0. The summed E-state index contributed by atoms with van der Waals surface area (Å²) in [7, 11) is 0. The molecule has 0 saturated carbocycles. The van der Waals surface area contributed by atoms with Crippen LogP contribution in [-0.2, 0) is 11.2 Å². The molecule has 0 spiro atoms. The zero-order valence-corrected chi connectivity index (χ0v) is 10.6. The minimum Gasteiger partial charge on any atom is -0.294 e. The van der Waals surface area contributed by atoms with Crippen LogP contribution in [0.3, 0.4) is 0 Å². The molecule has 0 fully saturated rings. The molecule has 86 valence electrons. The molecule has 0 bridgehead atoms. The second-order valence-corrected chi connectivity index (χ2v) is 4.76. The lowest BCUT2D eigenvalue weighted by molar-refractivity contribution is -0.114.